The van der Waals surface area contributed by atoms with E-state index in [1.807, 2.05) is 0 Å². The number of rotatable bonds is 3. The minimum absolute atomic E-state index is 0.0180. The Labute approximate surface area is 113 Å². The van der Waals surface area contributed by atoms with Gasteiger partial charge in [0.05, 0.1) is 11.4 Å². The van der Waals surface area contributed by atoms with Crippen LogP contribution in [0.3, 0.4) is 0 Å². The van der Waals surface area contributed by atoms with Crippen molar-refractivity contribution < 1.29 is 13.2 Å². The van der Waals surface area contributed by atoms with E-state index in [0.29, 0.717) is 25.9 Å². The Bertz CT molecular complexity index is 518. The molecule has 6 nitrogen and oxygen atoms in total. The van der Waals surface area contributed by atoms with Gasteiger partial charge in [0, 0.05) is 0 Å². The van der Waals surface area contributed by atoms with Crippen molar-refractivity contribution in [3.63, 3.8) is 0 Å². The van der Waals surface area contributed by atoms with Gasteiger partial charge in [-0.1, -0.05) is 12.7 Å². The smallest absolute Gasteiger partial charge is 0.244 e. The normalized spacial score (nSPS) is 23.9. The molecule has 0 aromatic rings. The van der Waals surface area contributed by atoms with Crippen LogP contribution in [0.5, 0.6) is 0 Å². The van der Waals surface area contributed by atoms with Gasteiger partial charge in [0.2, 0.25) is 15.9 Å². The number of carbonyl (C=O) groups is 1. The molecule has 2 saturated heterocycles. The monoisotopic (exact) mass is 285 g/mol. The number of sulfonamides is 1. The number of amides is 1. The summed E-state index contributed by atoms with van der Waals surface area (Å²) >= 11 is 0. The maximum Gasteiger partial charge on any atom is 0.244 e. The molecule has 106 valence electrons. The molecule has 2 fully saturated rings. The Morgan fingerprint density at radius 3 is 2.63 bits per heavy atom. The molecule has 0 saturated carbocycles. The number of allylic oxidation sites excluding steroid dienone is 2. The minimum Gasteiger partial charge on any atom is -0.336 e. The summed E-state index contributed by atoms with van der Waals surface area (Å²) in [6.45, 7) is 6.56. The second kappa shape index (κ2) is 5.07. The first kappa shape index (κ1) is 14.2. The number of hydrogen-bond donors (Lipinski definition) is 2. The third-order valence-electron chi connectivity index (χ3n) is 3.54. The van der Waals surface area contributed by atoms with E-state index in [9.17, 15) is 13.2 Å². The van der Waals surface area contributed by atoms with E-state index in [-0.39, 0.29) is 17.4 Å². The molecular weight excluding hydrogens is 266 g/mol. The molecule has 1 amide bonds. The van der Waals surface area contributed by atoms with E-state index in [4.69, 9.17) is 0 Å². The van der Waals surface area contributed by atoms with E-state index < -0.39 is 15.7 Å². The average molecular weight is 285 g/mol. The van der Waals surface area contributed by atoms with Crippen molar-refractivity contribution in [3.8, 4) is 0 Å². The Hall–Kier alpha value is -1.18. The number of hydrogen-bond acceptors (Lipinski definition) is 4. The summed E-state index contributed by atoms with van der Waals surface area (Å²) in [4.78, 5) is 11.7. The summed E-state index contributed by atoms with van der Waals surface area (Å²) in [5.74, 6) is -0.251. The van der Waals surface area contributed by atoms with Gasteiger partial charge in [0.1, 0.15) is 5.66 Å². The molecule has 0 radical (unpaired) electrons. The van der Waals surface area contributed by atoms with E-state index in [0.717, 1.165) is 0 Å². The Morgan fingerprint density at radius 2 is 2.05 bits per heavy atom. The lowest BCUT2D eigenvalue weighted by atomic mass is 9.99. The molecule has 0 unspecified atom stereocenters. The third kappa shape index (κ3) is 2.45. The summed E-state index contributed by atoms with van der Waals surface area (Å²) in [5, 5.41) is 5.99. The Morgan fingerprint density at radius 1 is 1.42 bits per heavy atom. The molecule has 2 N–H and O–H groups in total. The van der Waals surface area contributed by atoms with Crippen LogP contribution < -0.4 is 10.6 Å². The van der Waals surface area contributed by atoms with Crippen LogP contribution in [0.25, 0.3) is 0 Å². The zero-order valence-electron chi connectivity index (χ0n) is 11.0. The Kier molecular flexibility index (Phi) is 3.80. The van der Waals surface area contributed by atoms with Crippen LogP contribution in [-0.4, -0.2) is 43.9 Å². The average Bonchev–Trinajstić information content (AvgIpc) is 2.67. The van der Waals surface area contributed by atoms with Crippen LogP contribution in [0, 0.1) is 0 Å². The lowest BCUT2D eigenvalue weighted by Crippen LogP contribution is -2.59. The summed E-state index contributed by atoms with van der Waals surface area (Å²) < 4.78 is 26.3. The molecule has 2 aliphatic rings. The summed E-state index contributed by atoms with van der Waals surface area (Å²) in [7, 11) is -3.70. The highest BCUT2D eigenvalue weighted by atomic mass is 32.2. The molecule has 0 aromatic carbocycles. The third-order valence-corrected chi connectivity index (χ3v) is 5.40. The minimum atomic E-state index is -3.70. The fraction of sp³-hybridized carbons (Fsp3) is 0.583. The fourth-order valence-electron chi connectivity index (χ4n) is 2.59. The van der Waals surface area contributed by atoms with Crippen molar-refractivity contribution in [2.75, 3.05) is 19.6 Å². The highest BCUT2D eigenvalue weighted by molar-refractivity contribution is 7.93. The molecule has 19 heavy (non-hydrogen) atoms. The summed E-state index contributed by atoms with van der Waals surface area (Å²) in [6, 6.07) is 0. The number of nitrogens with zero attached hydrogens (tertiary/aromatic N) is 1. The first-order chi connectivity index (χ1) is 8.92. The first-order valence-corrected chi connectivity index (χ1v) is 7.72. The van der Waals surface area contributed by atoms with Gasteiger partial charge in [0.15, 0.2) is 0 Å². The Balaban J connectivity index is 2.36. The molecular formula is C12H19N3O3S. The molecule has 2 heterocycles. The van der Waals surface area contributed by atoms with Crippen LogP contribution in [0.15, 0.2) is 23.6 Å². The van der Waals surface area contributed by atoms with Gasteiger partial charge in [-0.05, 0) is 38.9 Å². The molecule has 0 aromatic heterocycles. The molecule has 7 heteroatoms. The summed E-state index contributed by atoms with van der Waals surface area (Å²) in [5.41, 5.74) is -0.786. The highest BCUT2D eigenvalue weighted by Gasteiger charge is 2.51. The van der Waals surface area contributed by atoms with Gasteiger partial charge in [-0.15, -0.1) is 0 Å². The van der Waals surface area contributed by atoms with Crippen molar-refractivity contribution in [2.45, 2.75) is 25.4 Å². The van der Waals surface area contributed by atoms with Gasteiger partial charge in [-0.2, -0.15) is 4.31 Å². The largest absolute Gasteiger partial charge is 0.336 e. The van der Waals surface area contributed by atoms with E-state index in [1.54, 1.807) is 13.0 Å². The van der Waals surface area contributed by atoms with Crippen molar-refractivity contribution in [3.05, 3.63) is 23.6 Å². The maximum atomic E-state index is 12.5. The van der Waals surface area contributed by atoms with Crippen LogP contribution in [0.1, 0.15) is 19.8 Å². The molecule has 2 aliphatic heterocycles. The van der Waals surface area contributed by atoms with Crippen molar-refractivity contribution in [1.29, 1.82) is 0 Å². The van der Waals surface area contributed by atoms with Crippen molar-refractivity contribution >= 4 is 15.9 Å². The molecule has 0 aliphatic carbocycles. The zero-order valence-corrected chi connectivity index (χ0v) is 11.8. The van der Waals surface area contributed by atoms with Gasteiger partial charge >= 0.3 is 0 Å². The van der Waals surface area contributed by atoms with Crippen LogP contribution in [-0.2, 0) is 14.8 Å². The lowest BCUT2D eigenvalue weighted by molar-refractivity contribution is -0.119. The van der Waals surface area contributed by atoms with Gasteiger partial charge in [-0.3, -0.25) is 4.79 Å². The standard InChI is InChI=1S/C12H19N3O3S/c1-3-4-10(2)19(17,18)15-9-11(16)14-12(15)5-7-13-8-6-12/h3-4,13H,2,5-9H2,1H3,(H,14,16)/b4-3-. The lowest BCUT2D eigenvalue weighted by Gasteiger charge is -2.39. The SMILES string of the molecule is C=C(/C=C\C)S(=O)(=O)N1CC(=O)NC12CCNCC2. The number of piperidine rings is 1. The van der Waals surface area contributed by atoms with Gasteiger partial charge < -0.3 is 10.6 Å². The highest BCUT2D eigenvalue weighted by Crippen LogP contribution is 2.32. The topological polar surface area (TPSA) is 78.5 Å². The predicted octanol–water partition coefficient (Wildman–Crippen LogP) is -0.0825. The van der Waals surface area contributed by atoms with Gasteiger partial charge in [-0.25, -0.2) is 8.42 Å². The molecule has 2 rings (SSSR count). The van der Waals surface area contributed by atoms with E-state index in [1.165, 1.54) is 10.4 Å². The maximum absolute atomic E-state index is 12.5. The van der Waals surface area contributed by atoms with Crippen molar-refractivity contribution in [2.24, 2.45) is 0 Å². The second-order valence-corrected chi connectivity index (χ2v) is 6.72. The fourth-order valence-corrected chi connectivity index (χ4v) is 4.15. The van der Waals surface area contributed by atoms with Crippen molar-refractivity contribution in [1.82, 2.24) is 14.9 Å². The first-order valence-electron chi connectivity index (χ1n) is 6.28. The van der Waals surface area contributed by atoms with Crippen LogP contribution >= 0.6 is 0 Å². The molecule has 0 atom stereocenters. The van der Waals surface area contributed by atoms with Crippen LogP contribution in [0.4, 0.5) is 0 Å². The second-order valence-electron chi connectivity index (χ2n) is 4.81. The quantitative estimate of drug-likeness (QED) is 0.711. The number of carbonyl (C=O) groups excluding carboxylic acids is 1. The van der Waals surface area contributed by atoms with E-state index in [2.05, 4.69) is 17.2 Å². The molecule has 0 bridgehead atoms. The number of nitrogens with one attached hydrogen (secondary N) is 2. The van der Waals surface area contributed by atoms with Crippen LogP contribution in [0.2, 0.25) is 0 Å². The van der Waals surface area contributed by atoms with Gasteiger partial charge in [0.25, 0.3) is 0 Å². The van der Waals surface area contributed by atoms with E-state index >= 15 is 0 Å². The predicted molar refractivity (Wildman–Crippen MR) is 72.6 cm³/mol. The molecule has 1 spiro atoms. The zero-order chi connectivity index (χ0) is 14.1. The summed E-state index contributed by atoms with van der Waals surface area (Å²) in [6.07, 6.45) is 4.22.